The first-order valence-corrected chi connectivity index (χ1v) is 9.49. The van der Waals surface area contributed by atoms with Crippen molar-refractivity contribution in [3.8, 4) is 5.69 Å². The predicted octanol–water partition coefficient (Wildman–Crippen LogP) is 3.23. The Hall–Kier alpha value is -2.44. The molecule has 1 fully saturated rings. The summed E-state index contributed by atoms with van der Waals surface area (Å²) in [7, 11) is 0. The highest BCUT2D eigenvalue weighted by atomic mass is 35.5. The number of ether oxygens (including phenoxy) is 1. The monoisotopic (exact) mass is 400 g/mol. The smallest absolute Gasteiger partial charge is 0.323 e. The fourth-order valence-electron chi connectivity index (χ4n) is 3.32. The molecule has 0 bridgehead atoms. The Balaban J connectivity index is 0.00000225. The summed E-state index contributed by atoms with van der Waals surface area (Å²) in [4.78, 5) is 21.1. The lowest BCUT2D eigenvalue weighted by atomic mass is 10.1. The van der Waals surface area contributed by atoms with Crippen LogP contribution in [0.2, 0.25) is 0 Å². The van der Waals surface area contributed by atoms with Gasteiger partial charge in [-0.3, -0.25) is 9.36 Å². The number of aromatic nitrogens is 3. The minimum Gasteiger partial charge on any atom is -0.465 e. The van der Waals surface area contributed by atoms with Gasteiger partial charge in [-0.2, -0.15) is 0 Å². The van der Waals surface area contributed by atoms with Crippen molar-refractivity contribution in [2.45, 2.75) is 38.6 Å². The highest BCUT2D eigenvalue weighted by molar-refractivity contribution is 5.85. The second kappa shape index (κ2) is 8.71. The number of esters is 1. The van der Waals surface area contributed by atoms with E-state index in [1.165, 1.54) is 12.8 Å². The van der Waals surface area contributed by atoms with Crippen molar-refractivity contribution in [3.05, 3.63) is 54.0 Å². The van der Waals surface area contributed by atoms with E-state index in [4.69, 9.17) is 15.5 Å². The van der Waals surface area contributed by atoms with E-state index in [1.54, 1.807) is 13.1 Å². The maximum atomic E-state index is 11.7. The van der Waals surface area contributed by atoms with Gasteiger partial charge in [-0.1, -0.05) is 12.1 Å². The Morgan fingerprint density at radius 1 is 1.29 bits per heavy atom. The maximum Gasteiger partial charge on any atom is 0.323 e. The summed E-state index contributed by atoms with van der Waals surface area (Å²) >= 11 is 0. The summed E-state index contributed by atoms with van der Waals surface area (Å²) in [6.07, 6.45) is 5.79. The molecule has 0 spiro atoms. The van der Waals surface area contributed by atoms with Gasteiger partial charge in [0.15, 0.2) is 5.65 Å². The van der Waals surface area contributed by atoms with Crippen LogP contribution in [-0.2, 0) is 22.4 Å². The molecule has 3 aromatic rings. The fraction of sp³-hybridized carbons (Fsp3) is 0.381. The topological polar surface area (TPSA) is 83.0 Å². The first-order valence-electron chi connectivity index (χ1n) is 9.49. The Labute approximate surface area is 170 Å². The minimum absolute atomic E-state index is 0. The zero-order valence-corrected chi connectivity index (χ0v) is 16.7. The Morgan fingerprint density at radius 2 is 2.04 bits per heavy atom. The summed E-state index contributed by atoms with van der Waals surface area (Å²) in [5.74, 6) is 1.43. The first-order chi connectivity index (χ1) is 13.2. The lowest BCUT2D eigenvalue weighted by Gasteiger charge is -2.12. The number of halogens is 1. The Morgan fingerprint density at radius 3 is 2.71 bits per heavy atom. The molecule has 28 heavy (non-hydrogen) atoms. The number of benzene rings is 1. The molecule has 2 N–H and O–H groups in total. The number of hydrogen-bond donors (Lipinski definition) is 1. The fourth-order valence-corrected chi connectivity index (χ4v) is 3.32. The third-order valence-electron chi connectivity index (χ3n) is 4.89. The lowest BCUT2D eigenvalue weighted by molar-refractivity contribution is -0.144. The Kier molecular flexibility index (Phi) is 6.31. The number of hydrogen-bond acceptors (Lipinski definition) is 5. The van der Waals surface area contributed by atoms with Gasteiger partial charge in [0, 0.05) is 18.3 Å². The van der Waals surface area contributed by atoms with E-state index < -0.39 is 6.04 Å². The van der Waals surface area contributed by atoms with Crippen LogP contribution in [0.4, 0.5) is 0 Å². The van der Waals surface area contributed by atoms with Gasteiger partial charge in [-0.25, -0.2) is 9.97 Å². The van der Waals surface area contributed by atoms with Crippen LogP contribution in [-0.4, -0.2) is 33.2 Å². The van der Waals surface area contributed by atoms with Crippen LogP contribution in [0.5, 0.6) is 0 Å². The molecule has 1 atom stereocenters. The Bertz CT molecular complexity index is 951. The zero-order chi connectivity index (χ0) is 18.8. The van der Waals surface area contributed by atoms with Crippen molar-refractivity contribution < 1.29 is 9.53 Å². The van der Waals surface area contributed by atoms with Crippen LogP contribution in [0.3, 0.4) is 0 Å². The molecule has 7 heteroatoms. The molecule has 6 nitrogen and oxygen atoms in total. The quantitative estimate of drug-likeness (QED) is 0.615. The van der Waals surface area contributed by atoms with Crippen molar-refractivity contribution in [2.24, 2.45) is 11.7 Å². The van der Waals surface area contributed by atoms with E-state index in [-0.39, 0.29) is 18.4 Å². The molecule has 2 heterocycles. The van der Waals surface area contributed by atoms with Crippen molar-refractivity contribution in [3.63, 3.8) is 0 Å². The molecule has 0 saturated heterocycles. The first kappa shape index (κ1) is 20.3. The van der Waals surface area contributed by atoms with Crippen molar-refractivity contribution in [1.29, 1.82) is 0 Å². The molecule has 1 aliphatic rings. The van der Waals surface area contributed by atoms with Gasteiger partial charge in [0.05, 0.1) is 6.61 Å². The van der Waals surface area contributed by atoms with Crippen molar-refractivity contribution in [1.82, 2.24) is 14.5 Å². The number of imidazole rings is 1. The van der Waals surface area contributed by atoms with Crippen LogP contribution < -0.4 is 5.73 Å². The van der Waals surface area contributed by atoms with Gasteiger partial charge in [0.2, 0.25) is 0 Å². The molecule has 4 rings (SSSR count). The van der Waals surface area contributed by atoms with Crippen molar-refractivity contribution in [2.75, 3.05) is 6.61 Å². The van der Waals surface area contributed by atoms with E-state index in [9.17, 15) is 4.79 Å². The third kappa shape index (κ3) is 4.34. The molecule has 1 saturated carbocycles. The number of rotatable bonds is 7. The van der Waals surface area contributed by atoms with Crippen molar-refractivity contribution >= 4 is 29.5 Å². The summed E-state index contributed by atoms with van der Waals surface area (Å²) < 4.78 is 7.12. The largest absolute Gasteiger partial charge is 0.465 e. The number of carbonyl (C=O) groups excluding carboxylic acids is 1. The van der Waals surface area contributed by atoms with Crippen LogP contribution in [0.15, 0.2) is 42.6 Å². The van der Waals surface area contributed by atoms with E-state index in [0.717, 1.165) is 40.6 Å². The molecular formula is C21H25ClN4O2. The molecule has 2 aromatic heterocycles. The van der Waals surface area contributed by atoms with Gasteiger partial charge < -0.3 is 10.5 Å². The number of carbonyl (C=O) groups is 1. The molecular weight excluding hydrogens is 376 g/mol. The van der Waals surface area contributed by atoms with Crippen LogP contribution in [0.1, 0.15) is 31.2 Å². The van der Waals surface area contributed by atoms with Crippen LogP contribution in [0, 0.1) is 5.92 Å². The molecule has 0 amide bonds. The molecule has 0 radical (unpaired) electrons. The molecule has 1 aliphatic carbocycles. The summed E-state index contributed by atoms with van der Waals surface area (Å²) in [6, 6.07) is 11.4. The van der Waals surface area contributed by atoms with Crippen LogP contribution >= 0.6 is 12.4 Å². The molecule has 0 aliphatic heterocycles. The normalized spacial score (nSPS) is 14.5. The molecule has 0 unspecified atom stereocenters. The standard InChI is InChI=1S/C21H24N4O2.ClH/c1-2-27-21(26)17(22)12-14-7-9-16(10-8-14)25-19(13-15-5-6-15)24-18-4-3-11-23-20(18)25;/h3-4,7-11,15,17H,2,5-6,12-13,22H2,1H3;1H/t17-;/m0./s1. The van der Waals surface area contributed by atoms with E-state index >= 15 is 0 Å². The second-order valence-corrected chi connectivity index (χ2v) is 7.09. The number of fused-ring (bicyclic) bond motifs is 1. The highest BCUT2D eigenvalue weighted by Crippen LogP contribution is 2.34. The van der Waals surface area contributed by atoms with Gasteiger partial charge in [0.1, 0.15) is 17.4 Å². The second-order valence-electron chi connectivity index (χ2n) is 7.09. The molecule has 1 aromatic carbocycles. The molecule has 148 valence electrons. The van der Waals surface area contributed by atoms with E-state index in [0.29, 0.717) is 13.0 Å². The van der Waals surface area contributed by atoms with Gasteiger partial charge in [-0.15, -0.1) is 12.4 Å². The maximum absolute atomic E-state index is 11.7. The van der Waals surface area contributed by atoms with E-state index in [1.807, 2.05) is 36.4 Å². The summed E-state index contributed by atoms with van der Waals surface area (Å²) in [6.45, 7) is 2.12. The lowest BCUT2D eigenvalue weighted by Crippen LogP contribution is -2.34. The minimum atomic E-state index is -0.642. The third-order valence-corrected chi connectivity index (χ3v) is 4.89. The van der Waals surface area contributed by atoms with Gasteiger partial charge >= 0.3 is 5.97 Å². The summed E-state index contributed by atoms with van der Waals surface area (Å²) in [5.41, 5.74) is 9.75. The average molecular weight is 401 g/mol. The van der Waals surface area contributed by atoms with Gasteiger partial charge in [0.25, 0.3) is 0 Å². The van der Waals surface area contributed by atoms with Crippen LogP contribution in [0.25, 0.3) is 16.9 Å². The van der Waals surface area contributed by atoms with Gasteiger partial charge in [-0.05, 0) is 61.9 Å². The average Bonchev–Trinajstić information content (AvgIpc) is 3.41. The highest BCUT2D eigenvalue weighted by Gasteiger charge is 2.25. The zero-order valence-electron chi connectivity index (χ0n) is 15.9. The number of nitrogens with zero attached hydrogens (tertiary/aromatic N) is 3. The number of nitrogens with two attached hydrogens (primary N) is 1. The summed E-state index contributed by atoms with van der Waals surface area (Å²) in [5, 5.41) is 0. The number of pyridine rings is 1. The predicted molar refractivity (Wildman–Crippen MR) is 111 cm³/mol. The SMILES string of the molecule is CCOC(=O)[C@@H](N)Cc1ccc(-n2c(CC3CC3)nc3cccnc32)cc1.Cl. The van der Waals surface area contributed by atoms with E-state index in [2.05, 4.69) is 9.55 Å².